The summed E-state index contributed by atoms with van der Waals surface area (Å²) in [6, 6.07) is -0.0809. The average Bonchev–Trinajstić information content (AvgIpc) is 2.85. The summed E-state index contributed by atoms with van der Waals surface area (Å²) in [6.45, 7) is 7.52. The Kier molecular flexibility index (Phi) is 6.83. The van der Waals surface area contributed by atoms with Gasteiger partial charge in [0.1, 0.15) is 11.6 Å². The molecule has 1 unspecified atom stereocenters. The quantitative estimate of drug-likeness (QED) is 0.647. The predicted molar refractivity (Wildman–Crippen MR) is 98.2 cm³/mol. The normalized spacial score (nSPS) is 27.4. The Balaban J connectivity index is 1.90. The van der Waals surface area contributed by atoms with Gasteiger partial charge in [0, 0.05) is 30.2 Å². The first kappa shape index (κ1) is 20.1. The standard InChI is InChI=1S/C19H29NO4S/c1-11(2)15(21)10-25-16-9-17(22)20(19(16)24)14-7-5-13(6-8-14)18(23)12(3)4/h11-14,16H,5-10H2,1-4H3. The fraction of sp³-hybridized carbons (Fsp3) is 0.789. The van der Waals surface area contributed by atoms with Crippen LogP contribution in [0.2, 0.25) is 0 Å². The van der Waals surface area contributed by atoms with E-state index in [0.29, 0.717) is 12.8 Å². The van der Waals surface area contributed by atoms with Crippen molar-refractivity contribution in [1.29, 1.82) is 0 Å². The van der Waals surface area contributed by atoms with Gasteiger partial charge < -0.3 is 0 Å². The Bertz CT molecular complexity index is 550. The number of rotatable bonds is 7. The molecular formula is C19H29NO4S. The number of ketones is 2. The van der Waals surface area contributed by atoms with Crippen molar-refractivity contribution in [2.24, 2.45) is 17.8 Å². The summed E-state index contributed by atoms with van der Waals surface area (Å²) in [4.78, 5) is 50.3. The molecule has 1 heterocycles. The Hall–Kier alpha value is -1.17. The summed E-state index contributed by atoms with van der Waals surface area (Å²) in [5.74, 6) is 0.460. The maximum Gasteiger partial charge on any atom is 0.243 e. The molecule has 2 aliphatic rings. The van der Waals surface area contributed by atoms with Gasteiger partial charge >= 0.3 is 0 Å². The van der Waals surface area contributed by atoms with Crippen LogP contribution in [0.3, 0.4) is 0 Å². The molecule has 0 aromatic carbocycles. The van der Waals surface area contributed by atoms with Crippen LogP contribution in [0, 0.1) is 17.8 Å². The molecule has 0 aromatic rings. The maximum absolute atomic E-state index is 12.6. The molecule has 1 atom stereocenters. The highest BCUT2D eigenvalue weighted by atomic mass is 32.2. The number of amides is 2. The van der Waals surface area contributed by atoms with E-state index >= 15 is 0 Å². The van der Waals surface area contributed by atoms with E-state index in [1.54, 1.807) is 0 Å². The second kappa shape index (κ2) is 8.47. The number of imide groups is 1. The molecule has 0 bridgehead atoms. The molecule has 1 aliphatic heterocycles. The van der Waals surface area contributed by atoms with Crippen molar-refractivity contribution in [2.75, 3.05) is 5.75 Å². The lowest BCUT2D eigenvalue weighted by Crippen LogP contribution is -2.43. The third-order valence-corrected chi connectivity index (χ3v) is 6.47. The molecule has 0 spiro atoms. The highest BCUT2D eigenvalue weighted by Gasteiger charge is 2.44. The molecule has 2 amide bonds. The Morgan fingerprint density at radius 2 is 1.64 bits per heavy atom. The predicted octanol–water partition coefficient (Wildman–Crippen LogP) is 2.86. The highest BCUT2D eigenvalue weighted by molar-refractivity contribution is 8.01. The number of carbonyl (C=O) groups excluding carboxylic acids is 4. The first-order chi connectivity index (χ1) is 11.7. The smallest absolute Gasteiger partial charge is 0.243 e. The van der Waals surface area contributed by atoms with Crippen LogP contribution in [0.4, 0.5) is 0 Å². The van der Waals surface area contributed by atoms with Crippen LogP contribution in [-0.2, 0) is 19.2 Å². The first-order valence-electron chi connectivity index (χ1n) is 9.26. The highest BCUT2D eigenvalue weighted by Crippen LogP contribution is 2.34. The number of carbonyl (C=O) groups is 4. The van der Waals surface area contributed by atoms with Crippen molar-refractivity contribution in [2.45, 2.75) is 71.1 Å². The molecule has 1 saturated heterocycles. The minimum atomic E-state index is -0.426. The lowest BCUT2D eigenvalue weighted by atomic mass is 9.80. The molecule has 0 radical (unpaired) electrons. The van der Waals surface area contributed by atoms with E-state index in [1.807, 2.05) is 27.7 Å². The molecule has 1 saturated carbocycles. The zero-order chi connectivity index (χ0) is 18.7. The topological polar surface area (TPSA) is 71.5 Å². The monoisotopic (exact) mass is 367 g/mol. The minimum absolute atomic E-state index is 0.0378. The van der Waals surface area contributed by atoms with Crippen LogP contribution < -0.4 is 0 Å². The number of Topliss-reactive ketones (excluding diaryl/α,β-unsaturated/α-hetero) is 2. The number of hydrogen-bond donors (Lipinski definition) is 0. The minimum Gasteiger partial charge on any atom is -0.299 e. The zero-order valence-electron chi connectivity index (χ0n) is 15.6. The van der Waals surface area contributed by atoms with Crippen molar-refractivity contribution in [3.63, 3.8) is 0 Å². The van der Waals surface area contributed by atoms with Gasteiger partial charge in [-0.05, 0) is 25.7 Å². The van der Waals surface area contributed by atoms with Crippen LogP contribution in [0.5, 0.6) is 0 Å². The van der Waals surface area contributed by atoms with E-state index < -0.39 is 5.25 Å². The fourth-order valence-electron chi connectivity index (χ4n) is 3.58. The van der Waals surface area contributed by atoms with Gasteiger partial charge in [-0.3, -0.25) is 24.1 Å². The van der Waals surface area contributed by atoms with Crippen LogP contribution >= 0.6 is 11.8 Å². The Morgan fingerprint density at radius 1 is 1.04 bits per heavy atom. The van der Waals surface area contributed by atoms with Crippen LogP contribution in [0.25, 0.3) is 0 Å². The van der Waals surface area contributed by atoms with E-state index in [2.05, 4.69) is 0 Å². The SMILES string of the molecule is CC(C)C(=O)CSC1CC(=O)N(C2CCC(C(=O)C(C)C)CC2)C1=O. The van der Waals surface area contributed by atoms with Gasteiger partial charge in [0.25, 0.3) is 0 Å². The van der Waals surface area contributed by atoms with Gasteiger partial charge in [-0.2, -0.15) is 0 Å². The van der Waals surface area contributed by atoms with Gasteiger partial charge in [0.15, 0.2) is 0 Å². The molecule has 140 valence electrons. The molecule has 2 rings (SSSR count). The Morgan fingerprint density at radius 3 is 2.16 bits per heavy atom. The fourth-order valence-corrected chi connectivity index (χ4v) is 4.79. The lowest BCUT2D eigenvalue weighted by molar-refractivity contribution is -0.142. The van der Waals surface area contributed by atoms with E-state index in [-0.39, 0.29) is 59.4 Å². The Labute approximate surface area is 154 Å². The summed E-state index contributed by atoms with van der Waals surface area (Å²) in [6.07, 6.45) is 3.12. The van der Waals surface area contributed by atoms with Crippen molar-refractivity contribution >= 4 is 35.1 Å². The van der Waals surface area contributed by atoms with Gasteiger partial charge in [0.2, 0.25) is 11.8 Å². The van der Waals surface area contributed by atoms with Crippen LogP contribution in [0.15, 0.2) is 0 Å². The number of likely N-dealkylation sites (tertiary alicyclic amines) is 1. The molecule has 5 nitrogen and oxygen atoms in total. The molecule has 1 aliphatic carbocycles. The van der Waals surface area contributed by atoms with Gasteiger partial charge in [-0.1, -0.05) is 27.7 Å². The van der Waals surface area contributed by atoms with Crippen LogP contribution in [0.1, 0.15) is 59.8 Å². The maximum atomic E-state index is 12.6. The van der Waals surface area contributed by atoms with Gasteiger partial charge in [-0.15, -0.1) is 11.8 Å². The van der Waals surface area contributed by atoms with Crippen molar-refractivity contribution < 1.29 is 19.2 Å². The summed E-state index contributed by atoms with van der Waals surface area (Å²) in [7, 11) is 0. The first-order valence-corrected chi connectivity index (χ1v) is 10.3. The molecule has 2 fully saturated rings. The van der Waals surface area contributed by atoms with Gasteiger partial charge in [0.05, 0.1) is 11.0 Å². The lowest BCUT2D eigenvalue weighted by Gasteiger charge is -2.33. The van der Waals surface area contributed by atoms with Crippen molar-refractivity contribution in [1.82, 2.24) is 4.90 Å². The van der Waals surface area contributed by atoms with E-state index in [1.165, 1.54) is 16.7 Å². The second-order valence-corrected chi connectivity index (χ2v) is 8.98. The number of nitrogens with zero attached hydrogens (tertiary/aromatic N) is 1. The average molecular weight is 368 g/mol. The van der Waals surface area contributed by atoms with Crippen molar-refractivity contribution in [3.05, 3.63) is 0 Å². The summed E-state index contributed by atoms with van der Waals surface area (Å²) >= 11 is 1.29. The third kappa shape index (κ3) is 4.72. The van der Waals surface area contributed by atoms with Crippen molar-refractivity contribution in [3.8, 4) is 0 Å². The molecule has 25 heavy (non-hydrogen) atoms. The second-order valence-electron chi connectivity index (χ2n) is 7.79. The largest absolute Gasteiger partial charge is 0.299 e. The number of hydrogen-bond acceptors (Lipinski definition) is 5. The molecule has 0 N–H and O–H groups in total. The summed E-state index contributed by atoms with van der Waals surface area (Å²) in [5.41, 5.74) is 0. The number of thioether (sulfide) groups is 1. The molecular weight excluding hydrogens is 338 g/mol. The van der Waals surface area contributed by atoms with E-state index in [4.69, 9.17) is 0 Å². The summed E-state index contributed by atoms with van der Waals surface area (Å²) < 4.78 is 0. The molecule has 6 heteroatoms. The summed E-state index contributed by atoms with van der Waals surface area (Å²) in [5, 5.41) is -0.426. The van der Waals surface area contributed by atoms with E-state index in [9.17, 15) is 19.2 Å². The zero-order valence-corrected chi connectivity index (χ0v) is 16.4. The van der Waals surface area contributed by atoms with Crippen LogP contribution in [-0.4, -0.2) is 45.3 Å². The molecule has 0 aromatic heterocycles. The van der Waals surface area contributed by atoms with E-state index in [0.717, 1.165) is 12.8 Å². The van der Waals surface area contributed by atoms with Gasteiger partial charge in [-0.25, -0.2) is 0 Å². The third-order valence-electron chi connectivity index (χ3n) is 5.25.